The fraction of sp³-hybridized carbons (Fsp3) is 0.429. The summed E-state index contributed by atoms with van der Waals surface area (Å²) in [5.74, 6) is 0.463. The lowest BCUT2D eigenvalue weighted by Crippen LogP contribution is -1.95. The molecule has 1 unspecified atom stereocenters. The molecule has 0 saturated heterocycles. The zero-order valence-corrected chi connectivity index (χ0v) is 9.51. The summed E-state index contributed by atoms with van der Waals surface area (Å²) in [4.78, 5) is 0. The molecule has 0 saturated carbocycles. The van der Waals surface area contributed by atoms with E-state index in [1.807, 2.05) is 6.08 Å². The summed E-state index contributed by atoms with van der Waals surface area (Å²) in [5.41, 5.74) is 4.35. The van der Waals surface area contributed by atoms with E-state index in [2.05, 4.69) is 45.6 Å². The summed E-state index contributed by atoms with van der Waals surface area (Å²) in [7, 11) is 0. The number of hydrogen-bond donors (Lipinski definition) is 0. The number of allylic oxidation sites excluding steroid dienone is 7. The first-order chi connectivity index (χ1) is 6.65. The van der Waals surface area contributed by atoms with Gasteiger partial charge in [0.1, 0.15) is 0 Å². The highest BCUT2D eigenvalue weighted by Crippen LogP contribution is 2.25. The normalized spacial score (nSPS) is 19.8. The Labute approximate surface area is 87.7 Å². The number of rotatable bonds is 3. The van der Waals surface area contributed by atoms with Crippen LogP contribution < -0.4 is 0 Å². The highest BCUT2D eigenvalue weighted by atomic mass is 14.1. The molecule has 0 heterocycles. The SMILES string of the molecule is C=CC(C)/C=C\C1=C(C)CCC=C1C. The summed E-state index contributed by atoms with van der Waals surface area (Å²) in [6.45, 7) is 10.4. The molecule has 14 heavy (non-hydrogen) atoms. The minimum absolute atomic E-state index is 0.463. The van der Waals surface area contributed by atoms with Crippen LogP contribution in [-0.4, -0.2) is 0 Å². The van der Waals surface area contributed by atoms with Crippen LogP contribution in [0.2, 0.25) is 0 Å². The van der Waals surface area contributed by atoms with E-state index in [9.17, 15) is 0 Å². The monoisotopic (exact) mass is 188 g/mol. The molecule has 0 radical (unpaired) electrons. The van der Waals surface area contributed by atoms with Crippen LogP contribution in [-0.2, 0) is 0 Å². The summed E-state index contributed by atoms with van der Waals surface area (Å²) in [6, 6.07) is 0. The molecule has 0 fully saturated rings. The van der Waals surface area contributed by atoms with Crippen molar-refractivity contribution in [3.63, 3.8) is 0 Å². The van der Waals surface area contributed by atoms with Gasteiger partial charge in [-0.3, -0.25) is 0 Å². The van der Waals surface area contributed by atoms with Gasteiger partial charge in [0.25, 0.3) is 0 Å². The Morgan fingerprint density at radius 1 is 1.43 bits per heavy atom. The quantitative estimate of drug-likeness (QED) is 0.575. The second kappa shape index (κ2) is 4.99. The van der Waals surface area contributed by atoms with Gasteiger partial charge in [-0.2, -0.15) is 0 Å². The highest BCUT2D eigenvalue weighted by Gasteiger charge is 2.06. The van der Waals surface area contributed by atoms with Crippen molar-refractivity contribution in [2.24, 2.45) is 5.92 Å². The van der Waals surface area contributed by atoms with Gasteiger partial charge in [0.2, 0.25) is 0 Å². The van der Waals surface area contributed by atoms with Gasteiger partial charge in [-0.1, -0.05) is 36.8 Å². The van der Waals surface area contributed by atoms with Crippen molar-refractivity contribution in [1.82, 2.24) is 0 Å². The lowest BCUT2D eigenvalue weighted by Gasteiger charge is -2.14. The maximum atomic E-state index is 3.78. The molecule has 76 valence electrons. The standard InChI is InChI=1S/C14H20/c1-5-11(2)9-10-14-12(3)7-6-8-13(14)4/h5,7,9-11H,1,6,8H2,2-4H3/b10-9-. The first-order valence-electron chi connectivity index (χ1n) is 5.32. The lowest BCUT2D eigenvalue weighted by atomic mass is 9.92. The van der Waals surface area contributed by atoms with Crippen LogP contribution in [0.1, 0.15) is 33.6 Å². The molecule has 0 nitrogen and oxygen atoms in total. The summed E-state index contributed by atoms with van der Waals surface area (Å²) in [6.07, 6.45) is 11.2. The first kappa shape index (κ1) is 11.0. The third kappa shape index (κ3) is 2.73. The molecule has 1 atom stereocenters. The fourth-order valence-corrected chi connectivity index (χ4v) is 1.69. The average Bonchev–Trinajstić information content (AvgIpc) is 2.16. The maximum Gasteiger partial charge on any atom is -0.00812 e. The summed E-state index contributed by atoms with van der Waals surface area (Å²) >= 11 is 0. The molecule has 0 N–H and O–H groups in total. The van der Waals surface area contributed by atoms with E-state index in [1.54, 1.807) is 0 Å². The van der Waals surface area contributed by atoms with Crippen molar-refractivity contribution in [3.8, 4) is 0 Å². The molecule has 1 aliphatic carbocycles. The molecule has 0 amide bonds. The second-order valence-corrected chi connectivity index (χ2v) is 4.07. The largest absolute Gasteiger partial charge is 0.102 e. The van der Waals surface area contributed by atoms with Crippen LogP contribution in [0.3, 0.4) is 0 Å². The van der Waals surface area contributed by atoms with Crippen molar-refractivity contribution in [3.05, 3.63) is 47.6 Å². The zero-order valence-electron chi connectivity index (χ0n) is 9.51. The Kier molecular flexibility index (Phi) is 3.94. The topological polar surface area (TPSA) is 0 Å². The predicted molar refractivity (Wildman–Crippen MR) is 64.2 cm³/mol. The zero-order chi connectivity index (χ0) is 10.6. The molecule has 1 aliphatic rings. The molecule has 0 aliphatic heterocycles. The molecule has 0 heteroatoms. The molecule has 0 aromatic rings. The third-order valence-electron chi connectivity index (χ3n) is 2.79. The van der Waals surface area contributed by atoms with Crippen molar-refractivity contribution in [2.45, 2.75) is 33.6 Å². The maximum absolute atomic E-state index is 3.78. The Morgan fingerprint density at radius 2 is 2.14 bits per heavy atom. The molecule has 0 spiro atoms. The van der Waals surface area contributed by atoms with Crippen LogP contribution in [0.25, 0.3) is 0 Å². The van der Waals surface area contributed by atoms with Gasteiger partial charge >= 0.3 is 0 Å². The molecule has 0 aromatic carbocycles. The second-order valence-electron chi connectivity index (χ2n) is 4.07. The third-order valence-corrected chi connectivity index (χ3v) is 2.79. The van der Waals surface area contributed by atoms with E-state index in [1.165, 1.54) is 29.6 Å². The van der Waals surface area contributed by atoms with Gasteiger partial charge in [0.15, 0.2) is 0 Å². The minimum Gasteiger partial charge on any atom is -0.102 e. The van der Waals surface area contributed by atoms with Crippen LogP contribution in [0, 0.1) is 5.92 Å². The molecule has 1 rings (SSSR count). The van der Waals surface area contributed by atoms with E-state index >= 15 is 0 Å². The smallest absolute Gasteiger partial charge is 0.00812 e. The van der Waals surface area contributed by atoms with Crippen molar-refractivity contribution >= 4 is 0 Å². The van der Waals surface area contributed by atoms with E-state index in [4.69, 9.17) is 0 Å². The molecule has 0 bridgehead atoms. The molecular formula is C14H20. The summed E-state index contributed by atoms with van der Waals surface area (Å²) in [5, 5.41) is 0. The fourth-order valence-electron chi connectivity index (χ4n) is 1.69. The highest BCUT2D eigenvalue weighted by molar-refractivity contribution is 5.44. The summed E-state index contributed by atoms with van der Waals surface area (Å²) < 4.78 is 0. The first-order valence-corrected chi connectivity index (χ1v) is 5.32. The van der Waals surface area contributed by atoms with Crippen LogP contribution in [0.4, 0.5) is 0 Å². The van der Waals surface area contributed by atoms with Crippen molar-refractivity contribution in [1.29, 1.82) is 0 Å². The number of hydrogen-bond acceptors (Lipinski definition) is 0. The van der Waals surface area contributed by atoms with Crippen LogP contribution >= 0.6 is 0 Å². The lowest BCUT2D eigenvalue weighted by molar-refractivity contribution is 0.917. The molecule has 0 aromatic heterocycles. The predicted octanol–water partition coefficient (Wildman–Crippen LogP) is 4.42. The van der Waals surface area contributed by atoms with Crippen molar-refractivity contribution in [2.75, 3.05) is 0 Å². The van der Waals surface area contributed by atoms with E-state index < -0.39 is 0 Å². The average molecular weight is 188 g/mol. The van der Waals surface area contributed by atoms with Crippen LogP contribution in [0.15, 0.2) is 47.6 Å². The Bertz CT molecular complexity index is 300. The molecular weight excluding hydrogens is 168 g/mol. The van der Waals surface area contributed by atoms with Crippen LogP contribution in [0.5, 0.6) is 0 Å². The van der Waals surface area contributed by atoms with Gasteiger partial charge in [0, 0.05) is 0 Å². The van der Waals surface area contributed by atoms with Gasteiger partial charge in [-0.15, -0.1) is 6.58 Å². The Morgan fingerprint density at radius 3 is 2.71 bits per heavy atom. The van der Waals surface area contributed by atoms with Gasteiger partial charge < -0.3 is 0 Å². The van der Waals surface area contributed by atoms with Crippen molar-refractivity contribution < 1.29 is 0 Å². The van der Waals surface area contributed by atoms with Gasteiger partial charge in [0.05, 0.1) is 0 Å². The minimum atomic E-state index is 0.463. The van der Waals surface area contributed by atoms with E-state index in [-0.39, 0.29) is 0 Å². The van der Waals surface area contributed by atoms with Gasteiger partial charge in [-0.05, 0) is 43.8 Å². The Balaban J connectivity index is 2.81. The van der Waals surface area contributed by atoms with E-state index in [0.717, 1.165) is 0 Å². The Hall–Kier alpha value is -1.04. The van der Waals surface area contributed by atoms with Gasteiger partial charge in [-0.25, -0.2) is 0 Å². The van der Waals surface area contributed by atoms with E-state index in [0.29, 0.717) is 5.92 Å².